The Kier molecular flexibility index (Phi) is 9.58. The second-order valence-electron chi connectivity index (χ2n) is 5.64. The van der Waals surface area contributed by atoms with Gasteiger partial charge in [-0.3, -0.25) is 4.79 Å². The molecule has 0 aromatic rings. The third kappa shape index (κ3) is 8.53. The van der Waals surface area contributed by atoms with Crippen molar-refractivity contribution < 1.29 is 14.3 Å². The van der Waals surface area contributed by atoms with Crippen LogP contribution in [0.4, 0.5) is 0 Å². The second kappa shape index (κ2) is 11.4. The van der Waals surface area contributed by atoms with E-state index >= 15 is 0 Å². The lowest BCUT2D eigenvalue weighted by Gasteiger charge is -2.09. The molecule has 0 saturated carbocycles. The number of allylic oxidation sites excluding steroid dienone is 2. The van der Waals surface area contributed by atoms with E-state index in [1.165, 1.54) is 32.1 Å². The molecule has 0 aliphatic carbocycles. The fraction of sp³-hybridized carbons (Fsp3) is 0.765. The summed E-state index contributed by atoms with van der Waals surface area (Å²) in [6.45, 7) is 2.67. The zero-order chi connectivity index (χ0) is 15.3. The summed E-state index contributed by atoms with van der Waals surface area (Å²) in [7, 11) is 0. The van der Waals surface area contributed by atoms with Crippen molar-refractivity contribution in [1.29, 1.82) is 0 Å². The number of ether oxygens (including phenoxy) is 1. The van der Waals surface area contributed by atoms with Gasteiger partial charge in [0, 0.05) is 6.42 Å². The van der Waals surface area contributed by atoms with Gasteiger partial charge in [0.25, 0.3) is 0 Å². The monoisotopic (exact) mass is 295 g/mol. The van der Waals surface area contributed by atoms with Crippen LogP contribution in [0.3, 0.4) is 0 Å². The molecule has 4 nitrogen and oxygen atoms in total. The molecule has 1 amide bonds. The van der Waals surface area contributed by atoms with Crippen LogP contribution in [0.15, 0.2) is 12.2 Å². The van der Waals surface area contributed by atoms with Gasteiger partial charge in [-0.15, -0.1) is 0 Å². The van der Waals surface area contributed by atoms with Crippen molar-refractivity contribution in [2.24, 2.45) is 0 Å². The topological polar surface area (TPSA) is 55.4 Å². The Morgan fingerprint density at radius 3 is 2.57 bits per heavy atom. The van der Waals surface area contributed by atoms with Gasteiger partial charge in [-0.1, -0.05) is 44.8 Å². The first-order valence-corrected chi connectivity index (χ1v) is 8.35. The minimum absolute atomic E-state index is 0.0566. The zero-order valence-corrected chi connectivity index (χ0v) is 13.2. The molecule has 1 fully saturated rings. The average Bonchev–Trinajstić information content (AvgIpc) is 2.91. The van der Waals surface area contributed by atoms with E-state index in [0.717, 1.165) is 19.3 Å². The maximum Gasteiger partial charge on any atom is 0.328 e. The van der Waals surface area contributed by atoms with E-state index < -0.39 is 6.04 Å². The van der Waals surface area contributed by atoms with Crippen LogP contribution in [0.1, 0.15) is 71.1 Å². The highest BCUT2D eigenvalue weighted by atomic mass is 16.5. The Morgan fingerprint density at radius 1 is 1.19 bits per heavy atom. The number of rotatable bonds is 11. The number of hydrogen-bond donors (Lipinski definition) is 1. The molecule has 0 radical (unpaired) electrons. The molecule has 0 unspecified atom stereocenters. The maximum atomic E-state index is 11.6. The minimum Gasteiger partial charge on any atom is -0.464 e. The Labute approximate surface area is 128 Å². The first-order valence-electron chi connectivity index (χ1n) is 8.35. The summed E-state index contributed by atoms with van der Waals surface area (Å²) < 4.78 is 5.16. The molecule has 1 atom stereocenters. The Bertz CT molecular complexity index is 339. The molecule has 0 spiro atoms. The van der Waals surface area contributed by atoms with Crippen LogP contribution in [-0.2, 0) is 14.3 Å². The largest absolute Gasteiger partial charge is 0.464 e. The second-order valence-corrected chi connectivity index (χ2v) is 5.64. The van der Waals surface area contributed by atoms with E-state index in [2.05, 4.69) is 24.4 Å². The summed E-state index contributed by atoms with van der Waals surface area (Å²) in [4.78, 5) is 22.6. The van der Waals surface area contributed by atoms with Crippen LogP contribution < -0.4 is 5.32 Å². The van der Waals surface area contributed by atoms with Gasteiger partial charge in [-0.2, -0.15) is 0 Å². The molecule has 0 aromatic heterocycles. The quantitative estimate of drug-likeness (QED) is 0.360. The molecule has 1 N–H and O–H groups in total. The molecular weight excluding hydrogens is 266 g/mol. The van der Waals surface area contributed by atoms with Crippen molar-refractivity contribution in [3.63, 3.8) is 0 Å². The Morgan fingerprint density at radius 2 is 1.90 bits per heavy atom. The van der Waals surface area contributed by atoms with Crippen molar-refractivity contribution in [2.75, 3.05) is 6.61 Å². The summed E-state index contributed by atoms with van der Waals surface area (Å²) in [6, 6.07) is -0.420. The van der Waals surface area contributed by atoms with Crippen molar-refractivity contribution in [3.05, 3.63) is 12.2 Å². The van der Waals surface area contributed by atoms with Crippen LogP contribution in [0.5, 0.6) is 0 Å². The maximum absolute atomic E-state index is 11.6. The third-order valence-electron chi connectivity index (χ3n) is 3.68. The lowest BCUT2D eigenvalue weighted by molar-refractivity contribution is -0.146. The van der Waals surface area contributed by atoms with E-state index in [-0.39, 0.29) is 11.9 Å². The smallest absolute Gasteiger partial charge is 0.328 e. The molecule has 0 bridgehead atoms. The molecule has 1 saturated heterocycles. The highest BCUT2D eigenvalue weighted by molar-refractivity contribution is 5.87. The SMILES string of the molecule is CCCCCCC/C=C/CCCOC(=O)[C@@H]1CCC(=O)N1. The predicted molar refractivity (Wildman–Crippen MR) is 83.9 cm³/mol. The van der Waals surface area contributed by atoms with Crippen molar-refractivity contribution in [2.45, 2.75) is 77.2 Å². The van der Waals surface area contributed by atoms with Gasteiger partial charge in [0.05, 0.1) is 6.61 Å². The summed E-state index contributed by atoms with van der Waals surface area (Å²) >= 11 is 0. The summed E-state index contributed by atoms with van der Waals surface area (Å²) in [5, 5.41) is 2.62. The normalized spacial score (nSPS) is 18.1. The van der Waals surface area contributed by atoms with Gasteiger partial charge >= 0.3 is 5.97 Å². The molecule has 1 rings (SSSR count). The van der Waals surface area contributed by atoms with Crippen molar-refractivity contribution >= 4 is 11.9 Å². The Hall–Kier alpha value is -1.32. The Balaban J connectivity index is 1.90. The number of esters is 1. The fourth-order valence-corrected chi connectivity index (χ4v) is 2.37. The van der Waals surface area contributed by atoms with Gasteiger partial charge in [0.15, 0.2) is 0 Å². The third-order valence-corrected chi connectivity index (χ3v) is 3.68. The molecule has 1 heterocycles. The fourth-order valence-electron chi connectivity index (χ4n) is 2.37. The summed E-state index contributed by atoms with van der Waals surface area (Å²) in [5.74, 6) is -0.348. The molecular formula is C17H29NO3. The van der Waals surface area contributed by atoms with Gasteiger partial charge in [-0.25, -0.2) is 4.79 Å². The van der Waals surface area contributed by atoms with E-state index in [4.69, 9.17) is 4.74 Å². The van der Waals surface area contributed by atoms with E-state index in [0.29, 0.717) is 19.4 Å². The molecule has 1 aliphatic heterocycles. The standard InChI is InChI=1S/C17H29NO3/c1-2-3-4-5-6-7-8-9-10-11-14-21-17(20)15-12-13-16(19)18-15/h8-9,15H,2-7,10-14H2,1H3,(H,18,19)/b9-8+/t15-/m0/s1. The van der Waals surface area contributed by atoms with Gasteiger partial charge in [0.1, 0.15) is 6.04 Å². The molecule has 120 valence electrons. The van der Waals surface area contributed by atoms with Gasteiger partial charge < -0.3 is 10.1 Å². The van der Waals surface area contributed by atoms with Crippen LogP contribution in [0.2, 0.25) is 0 Å². The average molecular weight is 295 g/mol. The summed E-state index contributed by atoms with van der Waals surface area (Å²) in [5.41, 5.74) is 0. The molecule has 1 aliphatic rings. The molecule has 4 heteroatoms. The summed E-state index contributed by atoms with van der Waals surface area (Å²) in [6.07, 6.45) is 14.9. The van der Waals surface area contributed by atoms with E-state index in [1.807, 2.05) is 0 Å². The first-order chi connectivity index (χ1) is 10.2. The highest BCUT2D eigenvalue weighted by Gasteiger charge is 2.28. The van der Waals surface area contributed by atoms with Crippen LogP contribution in [-0.4, -0.2) is 24.5 Å². The van der Waals surface area contributed by atoms with Crippen LogP contribution in [0, 0.1) is 0 Å². The number of hydrogen-bond acceptors (Lipinski definition) is 3. The number of unbranched alkanes of at least 4 members (excludes halogenated alkanes) is 6. The van der Waals surface area contributed by atoms with Crippen LogP contribution in [0.25, 0.3) is 0 Å². The van der Waals surface area contributed by atoms with Crippen molar-refractivity contribution in [3.8, 4) is 0 Å². The number of carbonyl (C=O) groups excluding carboxylic acids is 2. The number of carbonyl (C=O) groups is 2. The lowest BCUT2D eigenvalue weighted by atomic mass is 10.1. The van der Waals surface area contributed by atoms with Gasteiger partial charge in [0.2, 0.25) is 5.91 Å². The van der Waals surface area contributed by atoms with E-state index in [1.54, 1.807) is 0 Å². The molecule has 21 heavy (non-hydrogen) atoms. The predicted octanol–water partition coefficient (Wildman–Crippen LogP) is 3.51. The molecule has 0 aromatic carbocycles. The minimum atomic E-state index is -0.420. The van der Waals surface area contributed by atoms with Gasteiger partial charge in [-0.05, 0) is 32.1 Å². The first kappa shape index (κ1) is 17.7. The lowest BCUT2D eigenvalue weighted by Crippen LogP contribution is -2.34. The number of amides is 1. The van der Waals surface area contributed by atoms with Crippen molar-refractivity contribution in [1.82, 2.24) is 5.32 Å². The zero-order valence-electron chi connectivity index (χ0n) is 13.2. The van der Waals surface area contributed by atoms with Crippen LogP contribution >= 0.6 is 0 Å². The highest BCUT2D eigenvalue weighted by Crippen LogP contribution is 2.09. The number of nitrogens with one attached hydrogen (secondary N) is 1. The van der Waals surface area contributed by atoms with E-state index in [9.17, 15) is 9.59 Å².